The average molecular weight is 457 g/mol. The fourth-order valence-corrected chi connectivity index (χ4v) is 4.40. The first-order valence-corrected chi connectivity index (χ1v) is 10.2. The van der Waals surface area contributed by atoms with Crippen LogP contribution in [0.4, 0.5) is 4.39 Å². The van der Waals surface area contributed by atoms with Crippen LogP contribution in [-0.2, 0) is 20.9 Å². The number of hydrogen-bond donors (Lipinski definition) is 1. The molecule has 29 heavy (non-hydrogen) atoms. The molecule has 2 aromatic carbocycles. The number of carbonyl (C=O) groups is 1. The minimum absolute atomic E-state index is 0.00188. The Hall–Kier alpha value is -1.82. The molecular formula is C21H17Cl3FNO3. The maximum atomic E-state index is 14.9. The molecule has 0 amide bonds. The zero-order chi connectivity index (χ0) is 21.0. The van der Waals surface area contributed by atoms with Crippen molar-refractivity contribution in [3.05, 3.63) is 68.2 Å². The molecule has 1 heterocycles. The third-order valence-corrected chi connectivity index (χ3v) is 6.88. The van der Waals surface area contributed by atoms with Gasteiger partial charge in [0, 0.05) is 12.0 Å². The van der Waals surface area contributed by atoms with E-state index in [1.165, 1.54) is 0 Å². The Kier molecular flexibility index (Phi) is 5.04. The van der Waals surface area contributed by atoms with Gasteiger partial charge in [0.15, 0.2) is 5.60 Å². The zero-order valence-electron chi connectivity index (χ0n) is 15.4. The number of oxime groups is 1. The van der Waals surface area contributed by atoms with E-state index in [1.54, 1.807) is 36.4 Å². The number of hydrogen-bond acceptors (Lipinski definition) is 3. The normalized spacial score (nSPS) is 28.4. The Bertz CT molecular complexity index is 995. The van der Waals surface area contributed by atoms with Gasteiger partial charge in [0.1, 0.15) is 5.67 Å². The van der Waals surface area contributed by atoms with Crippen LogP contribution in [0, 0.1) is 5.92 Å². The van der Waals surface area contributed by atoms with E-state index in [-0.39, 0.29) is 17.9 Å². The fraction of sp³-hybridized carbons (Fsp3) is 0.333. The summed E-state index contributed by atoms with van der Waals surface area (Å²) in [4.78, 5) is 16.6. The van der Waals surface area contributed by atoms with Crippen molar-refractivity contribution in [3.63, 3.8) is 0 Å². The molecule has 1 aliphatic heterocycles. The number of aliphatic carboxylic acids is 1. The summed E-state index contributed by atoms with van der Waals surface area (Å²) < 4.78 is 14.9. The van der Waals surface area contributed by atoms with Crippen LogP contribution >= 0.6 is 34.8 Å². The maximum absolute atomic E-state index is 14.9. The molecular weight excluding hydrogens is 440 g/mol. The van der Waals surface area contributed by atoms with Crippen molar-refractivity contribution in [1.82, 2.24) is 0 Å². The van der Waals surface area contributed by atoms with Gasteiger partial charge >= 0.3 is 5.97 Å². The summed E-state index contributed by atoms with van der Waals surface area (Å²) >= 11 is 18.3. The van der Waals surface area contributed by atoms with Crippen LogP contribution in [0.3, 0.4) is 0 Å². The fourth-order valence-electron chi connectivity index (χ4n) is 3.80. The molecule has 2 aliphatic rings. The van der Waals surface area contributed by atoms with Crippen molar-refractivity contribution in [1.29, 1.82) is 0 Å². The van der Waals surface area contributed by atoms with Gasteiger partial charge in [-0.25, -0.2) is 4.39 Å². The molecule has 152 valence electrons. The third-order valence-electron chi connectivity index (χ3n) is 5.68. The van der Waals surface area contributed by atoms with Crippen molar-refractivity contribution < 1.29 is 19.1 Å². The summed E-state index contributed by atoms with van der Waals surface area (Å²) in [7, 11) is 0. The summed E-state index contributed by atoms with van der Waals surface area (Å²) in [6, 6.07) is 10.3. The number of nitrogens with zero attached hydrogens (tertiary/aromatic N) is 1. The van der Waals surface area contributed by atoms with Gasteiger partial charge in [-0.15, -0.1) is 0 Å². The number of rotatable bonds is 4. The molecule has 2 aromatic rings. The Morgan fingerprint density at radius 3 is 2.28 bits per heavy atom. The number of halogens is 4. The van der Waals surface area contributed by atoms with Crippen molar-refractivity contribution >= 4 is 46.5 Å². The monoisotopic (exact) mass is 455 g/mol. The quantitative estimate of drug-likeness (QED) is 0.546. The molecule has 1 unspecified atom stereocenters. The molecule has 1 atom stereocenters. The van der Waals surface area contributed by atoms with Crippen molar-refractivity contribution in [2.75, 3.05) is 0 Å². The smallest absolute Gasteiger partial charge is 0.306 e. The lowest BCUT2D eigenvalue weighted by Gasteiger charge is -2.39. The number of carboxylic acids is 1. The van der Waals surface area contributed by atoms with Gasteiger partial charge in [-0.05, 0) is 43.0 Å². The van der Waals surface area contributed by atoms with Gasteiger partial charge in [-0.1, -0.05) is 64.2 Å². The average Bonchev–Trinajstić information content (AvgIpc) is 3.06. The number of carboxylic acid groups (broad SMARTS) is 1. The number of benzene rings is 2. The maximum Gasteiger partial charge on any atom is 0.306 e. The summed E-state index contributed by atoms with van der Waals surface area (Å²) in [6.45, 7) is 1.88. The van der Waals surface area contributed by atoms with Crippen LogP contribution in [-0.4, -0.2) is 16.8 Å². The molecule has 1 fully saturated rings. The molecule has 1 aliphatic carbocycles. The van der Waals surface area contributed by atoms with Gasteiger partial charge in [-0.2, -0.15) is 0 Å². The molecule has 0 bridgehead atoms. The van der Waals surface area contributed by atoms with Crippen LogP contribution in [0.25, 0.3) is 0 Å². The molecule has 4 rings (SSSR count). The van der Waals surface area contributed by atoms with Crippen molar-refractivity contribution in [2.45, 2.75) is 37.5 Å². The molecule has 0 saturated heterocycles. The minimum Gasteiger partial charge on any atom is -0.481 e. The van der Waals surface area contributed by atoms with E-state index in [2.05, 4.69) is 5.16 Å². The van der Waals surface area contributed by atoms with Crippen LogP contribution in [0.1, 0.15) is 42.9 Å². The Morgan fingerprint density at radius 2 is 1.72 bits per heavy atom. The van der Waals surface area contributed by atoms with E-state index in [0.717, 1.165) is 11.1 Å². The molecule has 0 aromatic heterocycles. The van der Waals surface area contributed by atoms with Gasteiger partial charge in [0.05, 0.1) is 26.7 Å². The molecule has 0 spiro atoms. The first-order chi connectivity index (χ1) is 13.6. The largest absolute Gasteiger partial charge is 0.481 e. The SMILES string of the molecule is CC1(c2cc(Cl)c(Cl)c(Cl)c2)CC(c2ccc(C3(F)CC(C(=O)O)C3)cc2)=NO1. The molecule has 0 radical (unpaired) electrons. The second-order valence-electron chi connectivity index (χ2n) is 7.78. The van der Waals surface area contributed by atoms with Gasteiger partial charge in [0.2, 0.25) is 0 Å². The van der Waals surface area contributed by atoms with Crippen LogP contribution in [0.15, 0.2) is 41.6 Å². The highest BCUT2D eigenvalue weighted by molar-refractivity contribution is 6.48. The second kappa shape index (κ2) is 7.15. The van der Waals surface area contributed by atoms with Gasteiger partial charge < -0.3 is 9.94 Å². The van der Waals surface area contributed by atoms with Crippen LogP contribution < -0.4 is 0 Å². The van der Waals surface area contributed by atoms with E-state index < -0.39 is 23.2 Å². The molecule has 1 N–H and O–H groups in total. The predicted molar refractivity (Wildman–Crippen MR) is 111 cm³/mol. The lowest BCUT2D eigenvalue weighted by atomic mass is 9.68. The summed E-state index contributed by atoms with van der Waals surface area (Å²) in [6.07, 6.45) is 0.478. The summed E-state index contributed by atoms with van der Waals surface area (Å²) in [5, 5.41) is 14.1. The number of alkyl halides is 1. The zero-order valence-corrected chi connectivity index (χ0v) is 17.7. The van der Waals surface area contributed by atoms with E-state index in [0.29, 0.717) is 27.7 Å². The van der Waals surface area contributed by atoms with Crippen molar-refractivity contribution in [2.24, 2.45) is 11.1 Å². The van der Waals surface area contributed by atoms with Crippen LogP contribution in [0.2, 0.25) is 15.1 Å². The first-order valence-electron chi connectivity index (χ1n) is 9.04. The topological polar surface area (TPSA) is 58.9 Å². The second-order valence-corrected chi connectivity index (χ2v) is 8.97. The standard InChI is InChI=1S/C21H17Cl3FNO3/c1-20(14-6-15(22)18(24)16(23)7-14)10-17(26-29-20)11-2-4-13(5-3-11)21(25)8-12(9-21)19(27)28/h2-7,12H,8-10H2,1H3,(H,27,28). The molecule has 8 heteroatoms. The van der Waals surface area contributed by atoms with Gasteiger partial charge in [-0.3, -0.25) is 4.79 Å². The lowest BCUT2D eigenvalue weighted by Crippen LogP contribution is -2.41. The highest BCUT2D eigenvalue weighted by atomic mass is 35.5. The van der Waals surface area contributed by atoms with Gasteiger partial charge in [0.25, 0.3) is 0 Å². The van der Waals surface area contributed by atoms with Crippen LogP contribution in [0.5, 0.6) is 0 Å². The lowest BCUT2D eigenvalue weighted by molar-refractivity contribution is -0.152. The first kappa shape index (κ1) is 20.5. The minimum atomic E-state index is -1.58. The summed E-state index contributed by atoms with van der Waals surface area (Å²) in [5.74, 6) is -1.57. The van der Waals surface area contributed by atoms with E-state index >= 15 is 0 Å². The van der Waals surface area contributed by atoms with E-state index in [9.17, 15) is 9.18 Å². The third kappa shape index (κ3) is 3.60. The van der Waals surface area contributed by atoms with Crippen molar-refractivity contribution in [3.8, 4) is 0 Å². The highest BCUT2D eigenvalue weighted by Crippen LogP contribution is 2.49. The Morgan fingerprint density at radius 1 is 1.14 bits per heavy atom. The Labute approximate surface area is 182 Å². The Balaban J connectivity index is 1.50. The summed E-state index contributed by atoms with van der Waals surface area (Å²) in [5.41, 5.74) is 0.422. The van der Waals surface area contributed by atoms with E-state index in [1.807, 2.05) is 6.92 Å². The molecule has 1 saturated carbocycles. The molecule has 4 nitrogen and oxygen atoms in total. The highest BCUT2D eigenvalue weighted by Gasteiger charge is 2.49. The van der Waals surface area contributed by atoms with E-state index in [4.69, 9.17) is 44.7 Å². The predicted octanol–water partition coefficient (Wildman–Crippen LogP) is 6.35.